The van der Waals surface area contributed by atoms with E-state index < -0.39 is 0 Å². The largest absolute Gasteiger partial charge is 0.467 e. The molecule has 1 saturated heterocycles. The second kappa shape index (κ2) is 7.07. The number of aryl methyl sites for hydroxylation is 1. The summed E-state index contributed by atoms with van der Waals surface area (Å²) in [6, 6.07) is 8.91. The Kier molecular flexibility index (Phi) is 5.39. The molecule has 1 aromatic heterocycles. The zero-order valence-corrected chi connectivity index (χ0v) is 12.8. The molecule has 2 heterocycles. The quantitative estimate of drug-likeness (QED) is 0.944. The van der Waals surface area contributed by atoms with E-state index in [1.807, 2.05) is 25.1 Å². The first-order chi connectivity index (χ1) is 9.75. The van der Waals surface area contributed by atoms with Crippen molar-refractivity contribution >= 4 is 12.4 Å². The number of hydrogen-bond acceptors (Lipinski definition) is 3. The Morgan fingerprint density at radius 1 is 1.24 bits per heavy atom. The van der Waals surface area contributed by atoms with E-state index in [0.717, 1.165) is 37.5 Å². The third-order valence-corrected chi connectivity index (χ3v) is 3.78. The molecule has 3 nitrogen and oxygen atoms in total. The van der Waals surface area contributed by atoms with Crippen molar-refractivity contribution in [3.63, 3.8) is 0 Å². The van der Waals surface area contributed by atoms with Gasteiger partial charge in [0, 0.05) is 31.7 Å². The molecule has 1 N–H and O–H groups in total. The van der Waals surface area contributed by atoms with Crippen molar-refractivity contribution in [1.82, 2.24) is 10.2 Å². The zero-order chi connectivity index (χ0) is 13.9. The maximum absolute atomic E-state index is 14.3. The smallest absolute Gasteiger partial charge is 0.128 e. The normalized spacial score (nSPS) is 17.2. The summed E-state index contributed by atoms with van der Waals surface area (Å²) < 4.78 is 19.9. The molecule has 0 radical (unpaired) electrons. The van der Waals surface area contributed by atoms with Crippen molar-refractivity contribution < 1.29 is 8.81 Å². The molecule has 3 rings (SSSR count). The number of nitrogens with zero attached hydrogens (tertiary/aromatic N) is 1. The van der Waals surface area contributed by atoms with Crippen LogP contribution in [0.15, 0.2) is 41.0 Å². The van der Waals surface area contributed by atoms with Crippen molar-refractivity contribution in [3.05, 3.63) is 59.3 Å². The van der Waals surface area contributed by atoms with Gasteiger partial charge in [0.1, 0.15) is 11.6 Å². The molecule has 0 spiro atoms. The first kappa shape index (κ1) is 16.0. The SMILES string of the molecule is Cc1ccc(F)c([C@@H](c2ccco2)N2CCNCC2)c1.Cl. The van der Waals surface area contributed by atoms with Crippen LogP contribution in [-0.2, 0) is 0 Å². The van der Waals surface area contributed by atoms with Crippen LogP contribution in [0.1, 0.15) is 22.9 Å². The molecule has 1 aliphatic rings. The average molecular weight is 311 g/mol. The number of furan rings is 1. The standard InChI is InChI=1S/C16H19FN2O.ClH/c1-12-4-5-14(17)13(11-12)16(15-3-2-10-20-15)19-8-6-18-7-9-19;/h2-5,10-11,16,18H,6-9H2,1H3;1H/t16-;/m0./s1. The molecule has 21 heavy (non-hydrogen) atoms. The molecule has 0 amide bonds. The van der Waals surface area contributed by atoms with Crippen LogP contribution < -0.4 is 5.32 Å². The van der Waals surface area contributed by atoms with Gasteiger partial charge < -0.3 is 9.73 Å². The van der Waals surface area contributed by atoms with Crippen LogP contribution in [0.2, 0.25) is 0 Å². The molecule has 0 saturated carbocycles. The van der Waals surface area contributed by atoms with Gasteiger partial charge in [-0.25, -0.2) is 4.39 Å². The fraction of sp³-hybridized carbons (Fsp3) is 0.375. The van der Waals surface area contributed by atoms with Crippen molar-refractivity contribution in [2.24, 2.45) is 0 Å². The van der Waals surface area contributed by atoms with Gasteiger partial charge in [0.25, 0.3) is 0 Å². The number of hydrogen-bond donors (Lipinski definition) is 1. The van der Waals surface area contributed by atoms with Gasteiger partial charge in [-0.15, -0.1) is 12.4 Å². The lowest BCUT2D eigenvalue weighted by Gasteiger charge is -2.34. The van der Waals surface area contributed by atoms with Crippen LogP contribution >= 0.6 is 12.4 Å². The van der Waals surface area contributed by atoms with E-state index in [1.165, 1.54) is 0 Å². The number of benzene rings is 1. The summed E-state index contributed by atoms with van der Waals surface area (Å²) in [5.74, 6) is 0.631. The Hall–Kier alpha value is -1.36. The van der Waals surface area contributed by atoms with E-state index in [2.05, 4.69) is 10.2 Å². The maximum Gasteiger partial charge on any atom is 0.128 e. The molecule has 1 aliphatic heterocycles. The third-order valence-electron chi connectivity index (χ3n) is 3.78. The predicted molar refractivity (Wildman–Crippen MR) is 83.4 cm³/mol. The molecule has 1 aromatic carbocycles. The minimum absolute atomic E-state index is 0. The predicted octanol–water partition coefficient (Wildman–Crippen LogP) is 3.14. The number of nitrogens with one attached hydrogen (secondary N) is 1. The summed E-state index contributed by atoms with van der Waals surface area (Å²) >= 11 is 0. The number of halogens is 2. The van der Waals surface area contributed by atoms with E-state index in [1.54, 1.807) is 18.4 Å². The lowest BCUT2D eigenvalue weighted by molar-refractivity contribution is 0.177. The van der Waals surface area contributed by atoms with Crippen molar-refractivity contribution in [2.45, 2.75) is 13.0 Å². The molecule has 1 atom stereocenters. The Morgan fingerprint density at radius 3 is 2.67 bits per heavy atom. The van der Waals surface area contributed by atoms with Gasteiger partial charge in [-0.2, -0.15) is 0 Å². The minimum Gasteiger partial charge on any atom is -0.467 e. The Morgan fingerprint density at radius 2 is 2.00 bits per heavy atom. The van der Waals surface area contributed by atoms with Crippen LogP contribution in [0, 0.1) is 12.7 Å². The van der Waals surface area contributed by atoms with Gasteiger partial charge in [-0.05, 0) is 25.1 Å². The van der Waals surface area contributed by atoms with Crippen molar-refractivity contribution in [3.8, 4) is 0 Å². The lowest BCUT2D eigenvalue weighted by atomic mass is 9.99. The monoisotopic (exact) mass is 310 g/mol. The fourth-order valence-electron chi connectivity index (χ4n) is 2.79. The number of rotatable bonds is 3. The highest BCUT2D eigenvalue weighted by molar-refractivity contribution is 5.85. The summed E-state index contributed by atoms with van der Waals surface area (Å²) in [5.41, 5.74) is 1.76. The molecule has 0 unspecified atom stereocenters. The molecule has 5 heteroatoms. The van der Waals surface area contributed by atoms with Crippen LogP contribution in [0.25, 0.3) is 0 Å². The first-order valence-electron chi connectivity index (χ1n) is 7.00. The van der Waals surface area contributed by atoms with E-state index >= 15 is 0 Å². The van der Waals surface area contributed by atoms with Crippen molar-refractivity contribution in [1.29, 1.82) is 0 Å². The van der Waals surface area contributed by atoms with Crippen LogP contribution in [0.5, 0.6) is 0 Å². The third kappa shape index (κ3) is 3.46. The topological polar surface area (TPSA) is 28.4 Å². The zero-order valence-electron chi connectivity index (χ0n) is 12.0. The van der Waals surface area contributed by atoms with Gasteiger partial charge in [0.2, 0.25) is 0 Å². The second-order valence-corrected chi connectivity index (χ2v) is 5.23. The van der Waals surface area contributed by atoms with Crippen LogP contribution in [0.3, 0.4) is 0 Å². The van der Waals surface area contributed by atoms with E-state index in [9.17, 15) is 4.39 Å². The van der Waals surface area contributed by atoms with Gasteiger partial charge >= 0.3 is 0 Å². The maximum atomic E-state index is 14.3. The lowest BCUT2D eigenvalue weighted by Crippen LogP contribution is -2.45. The number of piperazine rings is 1. The summed E-state index contributed by atoms with van der Waals surface area (Å²) in [6.07, 6.45) is 1.65. The Labute approximate surface area is 130 Å². The minimum atomic E-state index is -0.171. The second-order valence-electron chi connectivity index (χ2n) is 5.23. The molecule has 0 aliphatic carbocycles. The van der Waals surface area contributed by atoms with Crippen LogP contribution in [-0.4, -0.2) is 31.1 Å². The van der Waals surface area contributed by atoms with Gasteiger partial charge in [-0.1, -0.05) is 17.7 Å². The summed E-state index contributed by atoms with van der Waals surface area (Å²) in [4.78, 5) is 2.27. The summed E-state index contributed by atoms with van der Waals surface area (Å²) in [7, 11) is 0. The van der Waals surface area contributed by atoms with Gasteiger partial charge in [0.15, 0.2) is 0 Å². The summed E-state index contributed by atoms with van der Waals surface area (Å²) in [6.45, 7) is 5.60. The van der Waals surface area contributed by atoms with E-state index in [4.69, 9.17) is 4.42 Å². The molecule has 1 fully saturated rings. The molecular weight excluding hydrogens is 291 g/mol. The average Bonchev–Trinajstić information content (AvgIpc) is 2.98. The molecule has 2 aromatic rings. The van der Waals surface area contributed by atoms with Gasteiger partial charge in [0.05, 0.1) is 12.3 Å². The fourth-order valence-corrected chi connectivity index (χ4v) is 2.79. The molecular formula is C16H20ClFN2O. The highest BCUT2D eigenvalue weighted by Crippen LogP contribution is 2.31. The van der Waals surface area contributed by atoms with E-state index in [0.29, 0.717) is 5.56 Å². The first-order valence-corrected chi connectivity index (χ1v) is 7.00. The molecule has 114 valence electrons. The Balaban J connectivity index is 0.00000161. The molecule has 0 bridgehead atoms. The summed E-state index contributed by atoms with van der Waals surface area (Å²) in [5, 5.41) is 3.33. The highest BCUT2D eigenvalue weighted by Gasteiger charge is 2.28. The van der Waals surface area contributed by atoms with E-state index in [-0.39, 0.29) is 24.3 Å². The van der Waals surface area contributed by atoms with Crippen molar-refractivity contribution in [2.75, 3.05) is 26.2 Å². The van der Waals surface area contributed by atoms with Gasteiger partial charge in [-0.3, -0.25) is 4.90 Å². The highest BCUT2D eigenvalue weighted by atomic mass is 35.5. The van der Waals surface area contributed by atoms with Crippen LogP contribution in [0.4, 0.5) is 4.39 Å². The Bertz CT molecular complexity index is 568.